The average Bonchev–Trinajstić information content (AvgIpc) is 2.32. The summed E-state index contributed by atoms with van der Waals surface area (Å²) in [4.78, 5) is 2.36. The van der Waals surface area contributed by atoms with Crippen LogP contribution in [-0.2, 0) is 9.47 Å². The van der Waals surface area contributed by atoms with E-state index in [4.69, 9.17) is 15.2 Å². The van der Waals surface area contributed by atoms with Crippen LogP contribution in [0.3, 0.4) is 0 Å². The van der Waals surface area contributed by atoms with E-state index in [1.807, 2.05) is 11.8 Å². The van der Waals surface area contributed by atoms with Crippen molar-refractivity contribution in [2.75, 3.05) is 59.1 Å². The van der Waals surface area contributed by atoms with Crippen LogP contribution in [0.1, 0.15) is 6.42 Å². The quantitative estimate of drug-likeness (QED) is 0.584. The van der Waals surface area contributed by atoms with E-state index in [1.54, 1.807) is 14.2 Å². The number of nitrogens with two attached hydrogens (primary N) is 1. The van der Waals surface area contributed by atoms with E-state index in [9.17, 15) is 0 Å². The first kappa shape index (κ1) is 16.2. The Balaban J connectivity index is 4.06. The molecule has 0 amide bonds. The van der Waals surface area contributed by atoms with Gasteiger partial charge in [-0.1, -0.05) is 0 Å². The van der Waals surface area contributed by atoms with Gasteiger partial charge in [0.15, 0.2) is 0 Å². The molecule has 0 aromatic heterocycles. The van der Waals surface area contributed by atoms with E-state index in [0.717, 1.165) is 38.5 Å². The van der Waals surface area contributed by atoms with Crippen LogP contribution in [0.2, 0.25) is 0 Å². The van der Waals surface area contributed by atoms with Gasteiger partial charge in [0, 0.05) is 39.9 Å². The largest absolute Gasteiger partial charge is 0.383 e. The highest BCUT2D eigenvalue weighted by Gasteiger charge is 2.15. The number of methoxy groups -OCH3 is 2. The topological polar surface area (TPSA) is 47.7 Å². The van der Waals surface area contributed by atoms with Crippen LogP contribution < -0.4 is 5.73 Å². The standard InChI is InChI=1S/C11H26N2O2S/c1-14-7-5-13(6-8-15-2)11(10-12)4-9-16-3/h11H,4-10,12H2,1-3H3. The van der Waals surface area contributed by atoms with Gasteiger partial charge in [0.05, 0.1) is 13.2 Å². The zero-order valence-electron chi connectivity index (χ0n) is 10.8. The Labute approximate surface area is 104 Å². The maximum atomic E-state index is 5.83. The van der Waals surface area contributed by atoms with E-state index in [0.29, 0.717) is 12.6 Å². The van der Waals surface area contributed by atoms with Gasteiger partial charge in [-0.05, 0) is 18.4 Å². The summed E-state index contributed by atoms with van der Waals surface area (Å²) >= 11 is 1.87. The fourth-order valence-corrected chi connectivity index (χ4v) is 2.11. The molecular formula is C11H26N2O2S. The molecule has 16 heavy (non-hydrogen) atoms. The van der Waals surface area contributed by atoms with Crippen molar-refractivity contribution in [2.45, 2.75) is 12.5 Å². The van der Waals surface area contributed by atoms with Crippen LogP contribution in [0.15, 0.2) is 0 Å². The van der Waals surface area contributed by atoms with Crippen LogP contribution in [0.25, 0.3) is 0 Å². The minimum absolute atomic E-state index is 0.442. The van der Waals surface area contributed by atoms with Crippen molar-refractivity contribution in [1.29, 1.82) is 0 Å². The van der Waals surface area contributed by atoms with E-state index in [-0.39, 0.29) is 0 Å². The molecule has 4 nitrogen and oxygen atoms in total. The number of hydrogen-bond donors (Lipinski definition) is 1. The first-order valence-electron chi connectivity index (χ1n) is 5.71. The number of rotatable bonds is 11. The second kappa shape index (κ2) is 11.7. The zero-order chi connectivity index (χ0) is 12.2. The molecule has 0 aromatic rings. The molecule has 0 aliphatic carbocycles. The van der Waals surface area contributed by atoms with Crippen molar-refractivity contribution >= 4 is 11.8 Å². The molecule has 0 heterocycles. The Morgan fingerprint density at radius 3 is 2.12 bits per heavy atom. The third kappa shape index (κ3) is 7.46. The molecule has 5 heteroatoms. The second-order valence-electron chi connectivity index (χ2n) is 3.69. The fraction of sp³-hybridized carbons (Fsp3) is 1.00. The smallest absolute Gasteiger partial charge is 0.0589 e. The number of hydrogen-bond acceptors (Lipinski definition) is 5. The molecule has 0 fully saturated rings. The lowest BCUT2D eigenvalue weighted by atomic mass is 10.2. The minimum Gasteiger partial charge on any atom is -0.383 e. The van der Waals surface area contributed by atoms with Crippen LogP contribution >= 0.6 is 11.8 Å². The molecule has 1 atom stereocenters. The lowest BCUT2D eigenvalue weighted by Gasteiger charge is -2.30. The van der Waals surface area contributed by atoms with Gasteiger partial charge in [-0.2, -0.15) is 11.8 Å². The molecule has 0 spiro atoms. The van der Waals surface area contributed by atoms with Gasteiger partial charge in [0.25, 0.3) is 0 Å². The highest BCUT2D eigenvalue weighted by Crippen LogP contribution is 2.07. The van der Waals surface area contributed by atoms with E-state index in [2.05, 4.69) is 11.2 Å². The molecule has 2 N–H and O–H groups in total. The molecule has 1 unspecified atom stereocenters. The Morgan fingerprint density at radius 1 is 1.19 bits per heavy atom. The van der Waals surface area contributed by atoms with Gasteiger partial charge < -0.3 is 15.2 Å². The third-order valence-electron chi connectivity index (χ3n) is 2.61. The fourth-order valence-electron chi connectivity index (χ4n) is 1.60. The number of thioether (sulfide) groups is 1. The Hall–Kier alpha value is 0.190. The first-order chi connectivity index (χ1) is 7.79. The molecule has 0 saturated carbocycles. The summed E-state index contributed by atoms with van der Waals surface area (Å²) in [6.07, 6.45) is 3.26. The maximum absolute atomic E-state index is 5.83. The van der Waals surface area contributed by atoms with Crippen molar-refractivity contribution in [3.8, 4) is 0 Å². The molecule has 0 aliphatic heterocycles. The number of nitrogens with zero attached hydrogens (tertiary/aromatic N) is 1. The SMILES string of the molecule is COCCN(CCOC)C(CN)CCSC. The normalized spacial score (nSPS) is 13.3. The van der Waals surface area contributed by atoms with Crippen molar-refractivity contribution in [3.63, 3.8) is 0 Å². The van der Waals surface area contributed by atoms with Crippen LogP contribution in [0.4, 0.5) is 0 Å². The average molecular weight is 250 g/mol. The predicted molar refractivity (Wildman–Crippen MR) is 71.2 cm³/mol. The summed E-state index contributed by atoms with van der Waals surface area (Å²) in [5.74, 6) is 1.15. The Bertz CT molecular complexity index is 142. The van der Waals surface area contributed by atoms with Gasteiger partial charge >= 0.3 is 0 Å². The van der Waals surface area contributed by atoms with E-state index >= 15 is 0 Å². The maximum Gasteiger partial charge on any atom is 0.0589 e. The van der Waals surface area contributed by atoms with Crippen LogP contribution in [-0.4, -0.2) is 70.0 Å². The summed E-state index contributed by atoms with van der Waals surface area (Å²) in [6.45, 7) is 4.05. The molecule has 0 rings (SSSR count). The van der Waals surface area contributed by atoms with Crippen LogP contribution in [0, 0.1) is 0 Å². The Kier molecular flexibility index (Phi) is 11.8. The zero-order valence-corrected chi connectivity index (χ0v) is 11.6. The summed E-state index contributed by atoms with van der Waals surface area (Å²) in [7, 11) is 3.46. The van der Waals surface area contributed by atoms with Gasteiger partial charge in [-0.15, -0.1) is 0 Å². The van der Waals surface area contributed by atoms with Crippen molar-refractivity contribution < 1.29 is 9.47 Å². The third-order valence-corrected chi connectivity index (χ3v) is 3.25. The monoisotopic (exact) mass is 250 g/mol. The molecular weight excluding hydrogens is 224 g/mol. The highest BCUT2D eigenvalue weighted by atomic mass is 32.2. The Morgan fingerprint density at radius 2 is 1.75 bits per heavy atom. The second-order valence-corrected chi connectivity index (χ2v) is 4.68. The van der Waals surface area contributed by atoms with Crippen LogP contribution in [0.5, 0.6) is 0 Å². The summed E-state index contributed by atoms with van der Waals surface area (Å²) in [5.41, 5.74) is 5.83. The number of ether oxygens (including phenoxy) is 2. The van der Waals surface area contributed by atoms with Crippen molar-refractivity contribution in [1.82, 2.24) is 4.90 Å². The van der Waals surface area contributed by atoms with Gasteiger partial charge in [-0.3, -0.25) is 4.90 Å². The summed E-state index contributed by atoms with van der Waals surface area (Å²) in [5, 5.41) is 0. The summed E-state index contributed by atoms with van der Waals surface area (Å²) in [6, 6.07) is 0.442. The van der Waals surface area contributed by atoms with Crippen molar-refractivity contribution in [2.24, 2.45) is 5.73 Å². The minimum atomic E-state index is 0.442. The van der Waals surface area contributed by atoms with Gasteiger partial charge in [0.2, 0.25) is 0 Å². The van der Waals surface area contributed by atoms with Gasteiger partial charge in [0.1, 0.15) is 0 Å². The lowest BCUT2D eigenvalue weighted by molar-refractivity contribution is 0.0883. The summed E-state index contributed by atoms with van der Waals surface area (Å²) < 4.78 is 10.2. The molecule has 0 saturated heterocycles. The van der Waals surface area contributed by atoms with Gasteiger partial charge in [-0.25, -0.2) is 0 Å². The molecule has 0 aliphatic rings. The predicted octanol–water partition coefficient (Wildman–Crippen LogP) is 0.662. The molecule has 0 bridgehead atoms. The first-order valence-corrected chi connectivity index (χ1v) is 7.10. The van der Waals surface area contributed by atoms with E-state index < -0.39 is 0 Å². The molecule has 0 radical (unpaired) electrons. The molecule has 0 aromatic carbocycles. The molecule has 98 valence electrons. The van der Waals surface area contributed by atoms with Crippen molar-refractivity contribution in [3.05, 3.63) is 0 Å². The highest BCUT2D eigenvalue weighted by molar-refractivity contribution is 7.98. The van der Waals surface area contributed by atoms with E-state index in [1.165, 1.54) is 0 Å². The lowest BCUT2D eigenvalue weighted by Crippen LogP contribution is -2.44.